The number of carbonyl (C=O) groups is 1. The molecule has 2 aromatic rings. The highest BCUT2D eigenvalue weighted by Gasteiger charge is 2.23. The molecule has 0 bridgehead atoms. The number of hydrogen-bond donors (Lipinski definition) is 1. The minimum atomic E-state index is -0.886. The first-order valence-electron chi connectivity index (χ1n) is 6.09. The molecule has 0 amide bonds. The van der Waals surface area contributed by atoms with Crippen molar-refractivity contribution in [1.29, 1.82) is 0 Å². The third-order valence-electron chi connectivity index (χ3n) is 2.74. The average Bonchev–Trinajstić information content (AvgIpc) is 2.53. The summed E-state index contributed by atoms with van der Waals surface area (Å²) in [6.07, 6.45) is 2.28. The molecular weight excluding hydrogens is 258 g/mol. The maximum absolute atomic E-state index is 11.8. The van der Waals surface area contributed by atoms with Gasteiger partial charge >= 0.3 is 5.97 Å². The van der Waals surface area contributed by atoms with Crippen LogP contribution in [0.3, 0.4) is 0 Å². The molecule has 0 aliphatic rings. The van der Waals surface area contributed by atoms with Crippen molar-refractivity contribution in [3.63, 3.8) is 0 Å². The highest BCUT2D eigenvalue weighted by atomic mass is 16.6. The molecule has 0 saturated carbocycles. The van der Waals surface area contributed by atoms with Gasteiger partial charge in [0, 0.05) is 18.0 Å². The van der Waals surface area contributed by atoms with Crippen molar-refractivity contribution >= 4 is 5.97 Å². The number of pyridine rings is 1. The predicted octanol–water partition coefficient (Wildman–Crippen LogP) is 1.87. The smallest absolute Gasteiger partial charge is 0.351 e. The summed E-state index contributed by atoms with van der Waals surface area (Å²) in [6.45, 7) is -0.0903. The first-order chi connectivity index (χ1) is 9.74. The van der Waals surface area contributed by atoms with Crippen molar-refractivity contribution in [3.8, 4) is 5.75 Å². The summed E-state index contributed by atoms with van der Waals surface area (Å²) in [5, 5.41) is 9.11. The van der Waals surface area contributed by atoms with Gasteiger partial charge in [-0.1, -0.05) is 18.2 Å². The number of aromatic nitrogens is 1. The second-order valence-electron chi connectivity index (χ2n) is 4.11. The molecule has 1 unspecified atom stereocenters. The molecule has 1 aromatic carbocycles. The summed E-state index contributed by atoms with van der Waals surface area (Å²) in [4.78, 5) is 15.8. The molecule has 0 aliphatic heterocycles. The number of benzene rings is 1. The lowest BCUT2D eigenvalue weighted by molar-refractivity contribution is -0.149. The van der Waals surface area contributed by atoms with Crippen LogP contribution in [0.4, 0.5) is 0 Å². The lowest BCUT2D eigenvalue weighted by Crippen LogP contribution is -2.20. The third-order valence-corrected chi connectivity index (χ3v) is 2.74. The summed E-state index contributed by atoms with van der Waals surface area (Å²) in [5.41, 5.74) is 1.31. The molecule has 1 aromatic heterocycles. The second kappa shape index (κ2) is 6.68. The van der Waals surface area contributed by atoms with Gasteiger partial charge < -0.3 is 14.6 Å². The van der Waals surface area contributed by atoms with E-state index in [0.29, 0.717) is 16.9 Å². The van der Waals surface area contributed by atoms with Crippen LogP contribution in [-0.2, 0) is 16.1 Å². The monoisotopic (exact) mass is 273 g/mol. The lowest BCUT2D eigenvalue weighted by atomic mass is 10.1. The van der Waals surface area contributed by atoms with E-state index in [9.17, 15) is 4.79 Å². The van der Waals surface area contributed by atoms with Gasteiger partial charge in [-0.15, -0.1) is 0 Å². The zero-order valence-corrected chi connectivity index (χ0v) is 11.0. The molecule has 5 heteroatoms. The first-order valence-corrected chi connectivity index (χ1v) is 6.09. The Hall–Kier alpha value is -2.40. The van der Waals surface area contributed by atoms with Crippen LogP contribution in [0.25, 0.3) is 0 Å². The SMILES string of the molecule is COC(=O)C(Oc1cccc(CO)c1)c1cccnc1. The van der Waals surface area contributed by atoms with E-state index in [4.69, 9.17) is 14.6 Å². The maximum atomic E-state index is 11.8. The minimum Gasteiger partial charge on any atom is -0.474 e. The molecule has 2 rings (SSSR count). The van der Waals surface area contributed by atoms with E-state index in [0.717, 1.165) is 0 Å². The molecule has 20 heavy (non-hydrogen) atoms. The van der Waals surface area contributed by atoms with Crippen LogP contribution in [0.5, 0.6) is 5.75 Å². The van der Waals surface area contributed by atoms with Crippen LogP contribution in [0.2, 0.25) is 0 Å². The zero-order chi connectivity index (χ0) is 14.4. The molecule has 0 saturated heterocycles. The molecular formula is C15H15NO4. The second-order valence-corrected chi connectivity index (χ2v) is 4.11. The van der Waals surface area contributed by atoms with Gasteiger partial charge in [-0.25, -0.2) is 4.79 Å². The maximum Gasteiger partial charge on any atom is 0.351 e. The topological polar surface area (TPSA) is 68.7 Å². The highest BCUT2D eigenvalue weighted by Crippen LogP contribution is 2.23. The zero-order valence-electron chi connectivity index (χ0n) is 11.0. The van der Waals surface area contributed by atoms with Gasteiger partial charge in [-0.2, -0.15) is 0 Å². The lowest BCUT2D eigenvalue weighted by Gasteiger charge is -2.17. The molecule has 1 heterocycles. The molecule has 0 fully saturated rings. The summed E-state index contributed by atoms with van der Waals surface area (Å²) in [5.74, 6) is -0.0248. The molecule has 1 N–H and O–H groups in total. The minimum absolute atomic E-state index is 0.0903. The number of nitrogens with zero attached hydrogens (tertiary/aromatic N) is 1. The van der Waals surface area contributed by atoms with Crippen molar-refractivity contribution in [3.05, 3.63) is 59.9 Å². The van der Waals surface area contributed by atoms with Crippen LogP contribution in [0, 0.1) is 0 Å². The largest absolute Gasteiger partial charge is 0.474 e. The number of hydrogen-bond acceptors (Lipinski definition) is 5. The Morgan fingerprint density at radius 1 is 1.35 bits per heavy atom. The van der Waals surface area contributed by atoms with E-state index in [2.05, 4.69) is 4.98 Å². The van der Waals surface area contributed by atoms with Crippen molar-refractivity contribution in [2.24, 2.45) is 0 Å². The number of esters is 1. The Balaban J connectivity index is 2.26. The number of rotatable bonds is 5. The fraction of sp³-hybridized carbons (Fsp3) is 0.200. The number of ether oxygens (including phenoxy) is 2. The Morgan fingerprint density at radius 3 is 2.85 bits per heavy atom. The van der Waals surface area contributed by atoms with Gasteiger partial charge in [-0.3, -0.25) is 4.98 Å². The van der Waals surface area contributed by atoms with E-state index in [1.165, 1.54) is 7.11 Å². The van der Waals surface area contributed by atoms with Gasteiger partial charge in [0.25, 0.3) is 0 Å². The molecule has 0 aliphatic carbocycles. The van der Waals surface area contributed by atoms with E-state index < -0.39 is 12.1 Å². The van der Waals surface area contributed by atoms with Crippen molar-refractivity contribution in [2.75, 3.05) is 7.11 Å². The van der Waals surface area contributed by atoms with Gasteiger partial charge in [0.15, 0.2) is 0 Å². The summed E-state index contributed by atoms with van der Waals surface area (Å²) in [6, 6.07) is 10.4. The number of methoxy groups -OCH3 is 1. The van der Waals surface area contributed by atoms with E-state index in [1.54, 1.807) is 48.8 Å². The van der Waals surface area contributed by atoms with Crippen LogP contribution in [0.1, 0.15) is 17.2 Å². The van der Waals surface area contributed by atoms with Gasteiger partial charge in [0.1, 0.15) is 5.75 Å². The number of aliphatic hydroxyl groups excluding tert-OH is 1. The molecule has 0 radical (unpaired) electrons. The molecule has 5 nitrogen and oxygen atoms in total. The van der Waals surface area contributed by atoms with Gasteiger partial charge in [-0.05, 0) is 23.8 Å². The third kappa shape index (κ3) is 3.33. The molecule has 0 spiro atoms. The fourth-order valence-electron chi connectivity index (χ4n) is 1.74. The molecule has 104 valence electrons. The normalized spacial score (nSPS) is 11.7. The van der Waals surface area contributed by atoms with E-state index >= 15 is 0 Å². The summed E-state index contributed by atoms with van der Waals surface area (Å²) >= 11 is 0. The Bertz CT molecular complexity index is 571. The standard InChI is InChI=1S/C15H15NO4/c1-19-15(18)14(12-5-3-7-16-9-12)20-13-6-2-4-11(8-13)10-17/h2-9,14,17H,10H2,1H3. The Kier molecular flexibility index (Phi) is 4.68. The number of aliphatic hydroxyl groups is 1. The van der Waals surface area contributed by atoms with Crippen molar-refractivity contribution < 1.29 is 19.4 Å². The van der Waals surface area contributed by atoms with E-state index in [-0.39, 0.29) is 6.61 Å². The van der Waals surface area contributed by atoms with Crippen molar-refractivity contribution in [2.45, 2.75) is 12.7 Å². The first kappa shape index (κ1) is 14.0. The number of carbonyl (C=O) groups excluding carboxylic acids is 1. The summed E-state index contributed by atoms with van der Waals surface area (Å²) < 4.78 is 10.4. The van der Waals surface area contributed by atoms with Crippen LogP contribution < -0.4 is 4.74 Å². The van der Waals surface area contributed by atoms with Gasteiger partial charge in [0.05, 0.1) is 13.7 Å². The highest BCUT2D eigenvalue weighted by molar-refractivity contribution is 5.76. The predicted molar refractivity (Wildman–Crippen MR) is 72.0 cm³/mol. The van der Waals surface area contributed by atoms with Crippen LogP contribution in [-0.4, -0.2) is 23.2 Å². The quantitative estimate of drug-likeness (QED) is 0.842. The molecule has 1 atom stereocenters. The van der Waals surface area contributed by atoms with Crippen molar-refractivity contribution in [1.82, 2.24) is 4.98 Å². The van der Waals surface area contributed by atoms with E-state index in [1.807, 2.05) is 0 Å². The Labute approximate surface area is 116 Å². The summed E-state index contributed by atoms with van der Waals surface area (Å²) in [7, 11) is 1.30. The van der Waals surface area contributed by atoms with Gasteiger partial charge in [0.2, 0.25) is 6.10 Å². The van der Waals surface area contributed by atoms with Crippen LogP contribution in [0.15, 0.2) is 48.8 Å². The Morgan fingerprint density at radius 2 is 2.20 bits per heavy atom. The van der Waals surface area contributed by atoms with Crippen LogP contribution >= 0.6 is 0 Å². The fourth-order valence-corrected chi connectivity index (χ4v) is 1.74. The average molecular weight is 273 g/mol.